The standard InChI is InChI=1S/C16H30N2O/c1-13(2)14-6-5-10-18(11-7-14)15(19)12-16(17)8-3-4-9-16/h13-14H,3-12,17H2,1-2H3. The summed E-state index contributed by atoms with van der Waals surface area (Å²) in [4.78, 5) is 14.5. The van der Waals surface area contributed by atoms with E-state index in [-0.39, 0.29) is 5.54 Å². The zero-order chi connectivity index (χ0) is 13.9. The fourth-order valence-corrected chi connectivity index (χ4v) is 3.71. The molecule has 1 unspecified atom stereocenters. The van der Waals surface area contributed by atoms with Crippen LogP contribution >= 0.6 is 0 Å². The molecule has 2 fully saturated rings. The average molecular weight is 266 g/mol. The van der Waals surface area contributed by atoms with Crippen molar-refractivity contribution >= 4 is 5.91 Å². The first-order valence-electron chi connectivity index (χ1n) is 8.07. The molecule has 0 bridgehead atoms. The highest BCUT2D eigenvalue weighted by Crippen LogP contribution is 2.31. The summed E-state index contributed by atoms with van der Waals surface area (Å²) in [5.74, 6) is 1.83. The highest BCUT2D eigenvalue weighted by atomic mass is 16.2. The molecular weight excluding hydrogens is 236 g/mol. The Balaban J connectivity index is 1.85. The van der Waals surface area contributed by atoms with Crippen LogP contribution in [0.5, 0.6) is 0 Å². The molecule has 0 aromatic carbocycles. The molecule has 1 saturated carbocycles. The number of carbonyl (C=O) groups excluding carboxylic acids is 1. The van der Waals surface area contributed by atoms with Crippen LogP contribution in [-0.4, -0.2) is 29.4 Å². The highest BCUT2D eigenvalue weighted by Gasteiger charge is 2.33. The van der Waals surface area contributed by atoms with Gasteiger partial charge in [0.2, 0.25) is 5.91 Å². The van der Waals surface area contributed by atoms with Crippen LogP contribution in [0.15, 0.2) is 0 Å². The van der Waals surface area contributed by atoms with Gasteiger partial charge in [-0.2, -0.15) is 0 Å². The average Bonchev–Trinajstić information content (AvgIpc) is 2.65. The Morgan fingerprint density at radius 1 is 1.21 bits per heavy atom. The van der Waals surface area contributed by atoms with Crippen molar-refractivity contribution in [3.8, 4) is 0 Å². The molecule has 1 aliphatic heterocycles. The summed E-state index contributed by atoms with van der Waals surface area (Å²) >= 11 is 0. The molecule has 3 nitrogen and oxygen atoms in total. The van der Waals surface area contributed by atoms with E-state index >= 15 is 0 Å². The molecule has 1 saturated heterocycles. The second kappa shape index (κ2) is 6.25. The number of nitrogens with zero attached hydrogens (tertiary/aromatic N) is 1. The fourth-order valence-electron chi connectivity index (χ4n) is 3.71. The van der Waals surface area contributed by atoms with Crippen LogP contribution in [-0.2, 0) is 4.79 Å². The van der Waals surface area contributed by atoms with Gasteiger partial charge in [0.05, 0.1) is 0 Å². The van der Waals surface area contributed by atoms with Crippen LogP contribution in [0.1, 0.15) is 65.2 Å². The molecule has 2 N–H and O–H groups in total. The van der Waals surface area contributed by atoms with E-state index in [0.29, 0.717) is 12.3 Å². The summed E-state index contributed by atoms with van der Waals surface area (Å²) in [6.45, 7) is 6.49. The van der Waals surface area contributed by atoms with Crippen molar-refractivity contribution in [3.63, 3.8) is 0 Å². The Hall–Kier alpha value is -0.570. The summed E-state index contributed by atoms with van der Waals surface area (Å²) in [5.41, 5.74) is 6.14. The van der Waals surface area contributed by atoms with E-state index < -0.39 is 0 Å². The first kappa shape index (κ1) is 14.8. The molecule has 0 aromatic rings. The smallest absolute Gasteiger partial charge is 0.224 e. The Morgan fingerprint density at radius 2 is 1.89 bits per heavy atom. The number of amides is 1. The third-order valence-corrected chi connectivity index (χ3v) is 5.17. The van der Waals surface area contributed by atoms with Crippen LogP contribution in [0.2, 0.25) is 0 Å². The molecule has 19 heavy (non-hydrogen) atoms. The van der Waals surface area contributed by atoms with Crippen LogP contribution in [0.3, 0.4) is 0 Å². The van der Waals surface area contributed by atoms with Crippen molar-refractivity contribution in [1.29, 1.82) is 0 Å². The highest BCUT2D eigenvalue weighted by molar-refractivity contribution is 5.77. The molecule has 2 aliphatic rings. The minimum atomic E-state index is -0.194. The van der Waals surface area contributed by atoms with Crippen molar-refractivity contribution in [2.75, 3.05) is 13.1 Å². The number of nitrogens with two attached hydrogens (primary N) is 1. The van der Waals surface area contributed by atoms with Gasteiger partial charge in [-0.15, -0.1) is 0 Å². The molecule has 1 aliphatic carbocycles. The number of carbonyl (C=O) groups is 1. The van der Waals surface area contributed by atoms with Gasteiger partial charge in [0, 0.05) is 25.0 Å². The van der Waals surface area contributed by atoms with Gasteiger partial charge in [-0.1, -0.05) is 26.7 Å². The minimum Gasteiger partial charge on any atom is -0.343 e. The topological polar surface area (TPSA) is 46.3 Å². The summed E-state index contributed by atoms with van der Waals surface area (Å²) in [6, 6.07) is 0. The SMILES string of the molecule is CC(C)C1CCCN(C(=O)CC2(N)CCCC2)CC1. The summed E-state index contributed by atoms with van der Waals surface area (Å²) in [7, 11) is 0. The lowest BCUT2D eigenvalue weighted by atomic mass is 9.89. The monoisotopic (exact) mass is 266 g/mol. The van der Waals surface area contributed by atoms with Gasteiger partial charge in [0.1, 0.15) is 0 Å². The maximum Gasteiger partial charge on any atom is 0.224 e. The summed E-state index contributed by atoms with van der Waals surface area (Å²) in [6.07, 6.45) is 8.61. The first-order valence-corrected chi connectivity index (χ1v) is 8.07. The molecular formula is C16H30N2O. The molecule has 3 heteroatoms. The van der Waals surface area contributed by atoms with Crippen molar-refractivity contribution < 1.29 is 4.79 Å². The Morgan fingerprint density at radius 3 is 2.53 bits per heavy atom. The first-order chi connectivity index (χ1) is 9.00. The van der Waals surface area contributed by atoms with Crippen molar-refractivity contribution in [2.45, 2.75) is 70.8 Å². The molecule has 0 aromatic heterocycles. The normalized spacial score (nSPS) is 27.6. The largest absolute Gasteiger partial charge is 0.343 e. The van der Waals surface area contributed by atoms with Crippen LogP contribution in [0.25, 0.3) is 0 Å². The number of hydrogen-bond acceptors (Lipinski definition) is 2. The van der Waals surface area contributed by atoms with Gasteiger partial charge in [-0.05, 0) is 43.9 Å². The second-order valence-corrected chi connectivity index (χ2v) is 7.06. The predicted octanol–water partition coefficient (Wildman–Crippen LogP) is 2.93. The molecule has 2 rings (SSSR count). The lowest BCUT2D eigenvalue weighted by Crippen LogP contribution is -2.44. The van der Waals surface area contributed by atoms with Crippen LogP contribution in [0.4, 0.5) is 0 Å². The second-order valence-electron chi connectivity index (χ2n) is 7.06. The van der Waals surface area contributed by atoms with Gasteiger partial charge in [-0.25, -0.2) is 0 Å². The molecule has 1 atom stereocenters. The zero-order valence-corrected chi connectivity index (χ0v) is 12.7. The van der Waals surface area contributed by atoms with Gasteiger partial charge >= 0.3 is 0 Å². The van der Waals surface area contributed by atoms with Gasteiger partial charge < -0.3 is 10.6 Å². The molecule has 0 radical (unpaired) electrons. The molecule has 0 spiro atoms. The fraction of sp³-hybridized carbons (Fsp3) is 0.938. The predicted molar refractivity (Wildman–Crippen MR) is 78.8 cm³/mol. The van der Waals surface area contributed by atoms with E-state index in [0.717, 1.165) is 44.2 Å². The zero-order valence-electron chi connectivity index (χ0n) is 12.7. The Kier molecular flexibility index (Phi) is 4.88. The van der Waals surface area contributed by atoms with Crippen molar-refractivity contribution in [3.05, 3.63) is 0 Å². The molecule has 110 valence electrons. The molecule has 1 amide bonds. The van der Waals surface area contributed by atoms with E-state index in [1.54, 1.807) is 0 Å². The van der Waals surface area contributed by atoms with E-state index in [4.69, 9.17) is 5.73 Å². The van der Waals surface area contributed by atoms with Crippen molar-refractivity contribution in [2.24, 2.45) is 17.6 Å². The minimum absolute atomic E-state index is 0.194. The Labute approximate surface area is 117 Å². The quantitative estimate of drug-likeness (QED) is 0.853. The Bertz CT molecular complexity index is 308. The third-order valence-electron chi connectivity index (χ3n) is 5.17. The number of likely N-dealkylation sites (tertiary alicyclic amines) is 1. The van der Waals surface area contributed by atoms with Gasteiger partial charge in [0.15, 0.2) is 0 Å². The van der Waals surface area contributed by atoms with Gasteiger partial charge in [0.25, 0.3) is 0 Å². The van der Waals surface area contributed by atoms with Crippen LogP contribution < -0.4 is 5.73 Å². The molecule has 1 heterocycles. The van der Waals surface area contributed by atoms with E-state index in [2.05, 4.69) is 18.7 Å². The van der Waals surface area contributed by atoms with Crippen LogP contribution in [0, 0.1) is 11.8 Å². The lowest BCUT2D eigenvalue weighted by Gasteiger charge is -2.28. The third kappa shape index (κ3) is 3.95. The van der Waals surface area contributed by atoms with E-state index in [9.17, 15) is 4.79 Å². The summed E-state index contributed by atoms with van der Waals surface area (Å²) in [5, 5.41) is 0. The maximum atomic E-state index is 12.4. The van der Waals surface area contributed by atoms with Gasteiger partial charge in [-0.3, -0.25) is 4.79 Å². The van der Waals surface area contributed by atoms with E-state index in [1.807, 2.05) is 0 Å². The number of hydrogen-bond donors (Lipinski definition) is 1. The lowest BCUT2D eigenvalue weighted by molar-refractivity contribution is -0.132. The summed E-state index contributed by atoms with van der Waals surface area (Å²) < 4.78 is 0. The van der Waals surface area contributed by atoms with Crippen molar-refractivity contribution in [1.82, 2.24) is 4.90 Å². The van der Waals surface area contributed by atoms with E-state index in [1.165, 1.54) is 25.7 Å². The number of rotatable bonds is 3. The maximum absolute atomic E-state index is 12.4.